The fourth-order valence-electron chi connectivity index (χ4n) is 4.16. The summed E-state index contributed by atoms with van der Waals surface area (Å²) < 4.78 is 3.37. The van der Waals surface area contributed by atoms with E-state index in [1.54, 1.807) is 11.3 Å². The molecule has 29 heavy (non-hydrogen) atoms. The van der Waals surface area contributed by atoms with Crippen LogP contribution in [0.1, 0.15) is 57.2 Å². The normalized spacial score (nSPS) is 15.4. The molecule has 0 aliphatic heterocycles. The molecule has 2 aromatic heterocycles. The molecule has 0 saturated heterocycles. The van der Waals surface area contributed by atoms with Crippen LogP contribution in [0.15, 0.2) is 40.7 Å². The number of aryl methyl sites for hydroxylation is 1. The van der Waals surface area contributed by atoms with E-state index in [4.69, 9.17) is 0 Å². The lowest BCUT2D eigenvalue weighted by Gasteiger charge is -2.18. The largest absolute Gasteiger partial charge is 0.354 e. The number of hydrogen-bond acceptors (Lipinski definition) is 4. The van der Waals surface area contributed by atoms with E-state index in [2.05, 4.69) is 16.5 Å². The Morgan fingerprint density at radius 3 is 2.90 bits per heavy atom. The van der Waals surface area contributed by atoms with E-state index in [0.717, 1.165) is 39.7 Å². The highest BCUT2D eigenvalue weighted by atomic mass is 32.1. The summed E-state index contributed by atoms with van der Waals surface area (Å²) in [5, 5.41) is 9.18. The molecule has 0 unspecified atom stereocenters. The van der Waals surface area contributed by atoms with E-state index in [-0.39, 0.29) is 11.5 Å². The lowest BCUT2D eigenvalue weighted by Crippen LogP contribution is -2.39. The molecule has 152 valence electrons. The highest BCUT2D eigenvalue weighted by Gasteiger charge is 2.24. The van der Waals surface area contributed by atoms with Crippen molar-refractivity contribution in [1.82, 2.24) is 15.1 Å². The number of allylic oxidation sites excluding steroid dienone is 1. The molecular formula is C23H27N3O2S. The Hall–Kier alpha value is -2.47. The first-order chi connectivity index (χ1) is 14.1. The van der Waals surface area contributed by atoms with Crippen molar-refractivity contribution in [3.05, 3.63) is 52.0 Å². The third-order valence-corrected chi connectivity index (χ3v) is 7.00. The van der Waals surface area contributed by atoms with Crippen molar-refractivity contribution in [2.75, 3.05) is 6.54 Å². The summed E-state index contributed by atoms with van der Waals surface area (Å²) in [5.74, 6) is -0.128. The first kappa shape index (κ1) is 19.8. The van der Waals surface area contributed by atoms with Gasteiger partial charge in [-0.3, -0.25) is 9.59 Å². The van der Waals surface area contributed by atoms with Crippen molar-refractivity contribution in [3.8, 4) is 0 Å². The minimum Gasteiger partial charge on any atom is -0.354 e. The first-order valence-corrected chi connectivity index (χ1v) is 11.3. The number of aromatic nitrogens is 2. The van der Waals surface area contributed by atoms with E-state index >= 15 is 0 Å². The average molecular weight is 410 g/mol. The molecule has 0 radical (unpaired) electrons. The fourth-order valence-corrected chi connectivity index (χ4v) is 5.29. The summed E-state index contributed by atoms with van der Waals surface area (Å²) >= 11 is 1.59. The van der Waals surface area contributed by atoms with Gasteiger partial charge >= 0.3 is 0 Å². The monoisotopic (exact) mass is 409 g/mol. The maximum absolute atomic E-state index is 13.3. The van der Waals surface area contributed by atoms with Crippen LogP contribution in [-0.2, 0) is 4.79 Å². The molecule has 2 heterocycles. The number of nitrogens with zero attached hydrogens (tertiary/aromatic N) is 2. The summed E-state index contributed by atoms with van der Waals surface area (Å²) in [6.45, 7) is 4.44. The van der Waals surface area contributed by atoms with Gasteiger partial charge in [0.15, 0.2) is 0 Å². The van der Waals surface area contributed by atoms with Gasteiger partial charge in [0, 0.05) is 16.6 Å². The molecule has 0 saturated carbocycles. The standard InChI is InChI=1S/C23H27N3O2S/c1-3-18(22(27)24-14-13-16-9-5-4-6-10-16)26-23(28)20-17-11-7-8-12-19(17)29-21(20)15(2)25-26/h7-9,11-12,18H,3-6,10,13-14H2,1-2H3,(H,24,27)/t18-/m1/s1. The fraction of sp³-hybridized carbons (Fsp3) is 0.435. The van der Waals surface area contributed by atoms with Gasteiger partial charge in [-0.05, 0) is 51.5 Å². The lowest BCUT2D eigenvalue weighted by atomic mass is 9.97. The molecule has 5 nitrogen and oxygen atoms in total. The van der Waals surface area contributed by atoms with Crippen LogP contribution < -0.4 is 10.9 Å². The van der Waals surface area contributed by atoms with E-state index in [0.29, 0.717) is 18.4 Å². The van der Waals surface area contributed by atoms with Gasteiger partial charge in [0.2, 0.25) is 5.91 Å². The van der Waals surface area contributed by atoms with Crippen LogP contribution in [0.2, 0.25) is 0 Å². The number of amides is 1. The van der Waals surface area contributed by atoms with Crippen LogP contribution in [0.25, 0.3) is 20.2 Å². The van der Waals surface area contributed by atoms with Crippen molar-refractivity contribution in [1.29, 1.82) is 0 Å². The molecule has 0 fully saturated rings. The number of carbonyl (C=O) groups is 1. The number of hydrogen-bond donors (Lipinski definition) is 1. The van der Waals surface area contributed by atoms with E-state index in [1.165, 1.54) is 23.1 Å². The Morgan fingerprint density at radius 1 is 1.31 bits per heavy atom. The molecule has 6 heteroatoms. The Kier molecular flexibility index (Phi) is 5.81. The Bertz CT molecular complexity index is 1140. The summed E-state index contributed by atoms with van der Waals surface area (Å²) in [6, 6.07) is 7.32. The van der Waals surface area contributed by atoms with Crippen LogP contribution in [0, 0.1) is 6.92 Å². The van der Waals surface area contributed by atoms with Gasteiger partial charge in [-0.25, -0.2) is 4.68 Å². The Balaban J connectivity index is 1.62. The first-order valence-electron chi connectivity index (χ1n) is 10.5. The summed E-state index contributed by atoms with van der Waals surface area (Å²) in [7, 11) is 0. The van der Waals surface area contributed by atoms with Crippen LogP contribution in [0.4, 0.5) is 0 Å². The maximum atomic E-state index is 13.3. The van der Waals surface area contributed by atoms with Crippen molar-refractivity contribution in [2.24, 2.45) is 0 Å². The van der Waals surface area contributed by atoms with Crippen molar-refractivity contribution in [3.63, 3.8) is 0 Å². The summed E-state index contributed by atoms with van der Waals surface area (Å²) in [4.78, 5) is 26.2. The van der Waals surface area contributed by atoms with Crippen LogP contribution >= 0.6 is 11.3 Å². The second kappa shape index (κ2) is 8.49. The average Bonchev–Trinajstić information content (AvgIpc) is 3.13. The molecule has 1 aliphatic carbocycles. The molecule has 1 aromatic carbocycles. The molecule has 0 bridgehead atoms. The quantitative estimate of drug-likeness (QED) is 0.590. The second-order valence-electron chi connectivity index (χ2n) is 7.71. The lowest BCUT2D eigenvalue weighted by molar-refractivity contribution is -0.124. The number of nitrogens with one attached hydrogen (secondary N) is 1. The number of rotatable bonds is 6. The minimum absolute atomic E-state index is 0.128. The van der Waals surface area contributed by atoms with Crippen LogP contribution in [0.5, 0.6) is 0 Å². The van der Waals surface area contributed by atoms with Crippen molar-refractivity contribution in [2.45, 2.75) is 58.4 Å². The van der Waals surface area contributed by atoms with Crippen molar-refractivity contribution < 1.29 is 4.79 Å². The number of fused-ring (bicyclic) bond motifs is 3. The van der Waals surface area contributed by atoms with E-state index < -0.39 is 6.04 Å². The SMILES string of the molecule is CC[C@H](C(=O)NCCC1=CCCCC1)n1nc(C)c2sc3ccccc3c2c1=O. The smallest absolute Gasteiger partial charge is 0.276 e. The van der Waals surface area contributed by atoms with Gasteiger partial charge in [-0.1, -0.05) is 36.8 Å². The third-order valence-electron chi connectivity index (χ3n) is 5.72. The van der Waals surface area contributed by atoms with Crippen LogP contribution in [0.3, 0.4) is 0 Å². The van der Waals surface area contributed by atoms with Gasteiger partial charge < -0.3 is 5.32 Å². The zero-order valence-electron chi connectivity index (χ0n) is 17.0. The molecule has 3 aromatic rings. The number of thiophene rings is 1. The molecule has 0 spiro atoms. The Morgan fingerprint density at radius 2 is 2.14 bits per heavy atom. The molecule has 1 aliphatic rings. The third kappa shape index (κ3) is 3.86. The van der Waals surface area contributed by atoms with Crippen LogP contribution in [-0.4, -0.2) is 22.2 Å². The highest BCUT2D eigenvalue weighted by Crippen LogP contribution is 2.33. The van der Waals surface area contributed by atoms with Gasteiger partial charge in [0.1, 0.15) is 6.04 Å². The van der Waals surface area contributed by atoms with Gasteiger partial charge in [-0.2, -0.15) is 5.10 Å². The molecule has 1 N–H and O–H groups in total. The molecule has 1 amide bonds. The maximum Gasteiger partial charge on any atom is 0.276 e. The highest BCUT2D eigenvalue weighted by molar-refractivity contribution is 7.26. The summed E-state index contributed by atoms with van der Waals surface area (Å²) in [5.41, 5.74) is 2.04. The van der Waals surface area contributed by atoms with Crippen molar-refractivity contribution >= 4 is 37.4 Å². The predicted octanol–water partition coefficient (Wildman–Crippen LogP) is 4.88. The molecule has 4 rings (SSSR count). The molecule has 1 atom stereocenters. The van der Waals surface area contributed by atoms with Gasteiger partial charge in [0.05, 0.1) is 15.8 Å². The summed E-state index contributed by atoms with van der Waals surface area (Å²) in [6.07, 6.45) is 8.50. The minimum atomic E-state index is -0.593. The zero-order chi connectivity index (χ0) is 20.4. The number of carbonyl (C=O) groups excluding carboxylic acids is 1. The number of benzene rings is 1. The zero-order valence-corrected chi connectivity index (χ0v) is 17.8. The van der Waals surface area contributed by atoms with E-state index in [1.807, 2.05) is 38.1 Å². The Labute approximate surface area is 174 Å². The van der Waals surface area contributed by atoms with Gasteiger partial charge in [-0.15, -0.1) is 11.3 Å². The van der Waals surface area contributed by atoms with Gasteiger partial charge in [0.25, 0.3) is 5.56 Å². The topological polar surface area (TPSA) is 64.0 Å². The predicted molar refractivity (Wildman–Crippen MR) is 120 cm³/mol. The van der Waals surface area contributed by atoms with E-state index in [9.17, 15) is 9.59 Å². The second-order valence-corrected chi connectivity index (χ2v) is 8.76. The molecular weight excluding hydrogens is 382 g/mol.